The smallest absolute Gasteiger partial charge is 0.323 e. The average molecular weight is 483 g/mol. The third-order valence-corrected chi connectivity index (χ3v) is 8.24. The molecule has 0 spiro atoms. The zero-order chi connectivity index (χ0) is 24.6. The molecule has 2 aliphatic rings. The summed E-state index contributed by atoms with van der Waals surface area (Å²) in [5.41, 5.74) is 2.65. The van der Waals surface area contributed by atoms with Crippen molar-refractivity contribution in [2.45, 2.75) is 78.4 Å². The first-order chi connectivity index (χ1) is 17.1. The fourth-order valence-electron chi connectivity index (χ4n) is 5.86. The molecule has 2 fully saturated rings. The van der Waals surface area contributed by atoms with Crippen LogP contribution in [0.15, 0.2) is 24.3 Å². The van der Waals surface area contributed by atoms with Crippen LogP contribution in [0.5, 0.6) is 0 Å². The number of hydrogen-bond donors (Lipinski definition) is 2. The Morgan fingerprint density at radius 2 is 1.97 bits per heavy atom. The summed E-state index contributed by atoms with van der Waals surface area (Å²) in [6.45, 7) is 10.5. The van der Waals surface area contributed by atoms with Crippen LogP contribution in [0.2, 0.25) is 0 Å². The van der Waals surface area contributed by atoms with Gasteiger partial charge in [-0.15, -0.1) is 10.2 Å². The largest absolute Gasteiger partial charge is 0.464 e. The first-order valence-electron chi connectivity index (χ1n) is 13.4. The van der Waals surface area contributed by atoms with Gasteiger partial charge in [-0.2, -0.15) is 5.21 Å². The minimum atomic E-state index is -0.160. The van der Waals surface area contributed by atoms with E-state index in [1.807, 2.05) is 0 Å². The Hall–Kier alpha value is -2.32. The minimum Gasteiger partial charge on any atom is -0.464 e. The zero-order valence-electron chi connectivity index (χ0n) is 21.6. The molecule has 2 heterocycles. The van der Waals surface area contributed by atoms with Crippen molar-refractivity contribution >= 4 is 5.97 Å². The van der Waals surface area contributed by atoms with Gasteiger partial charge in [0, 0.05) is 13.1 Å². The molecule has 1 saturated carbocycles. The van der Waals surface area contributed by atoms with Gasteiger partial charge >= 0.3 is 5.97 Å². The number of H-pyrrole nitrogens is 1. The summed E-state index contributed by atoms with van der Waals surface area (Å²) in [4.78, 5) is 15.2. The van der Waals surface area contributed by atoms with Gasteiger partial charge in [0.1, 0.15) is 6.04 Å². The maximum atomic E-state index is 12.8. The number of aryl methyl sites for hydroxylation is 1. The number of tetrazole rings is 1. The number of ether oxygens (including phenoxy) is 1. The summed E-state index contributed by atoms with van der Waals surface area (Å²) < 4.78 is 5.70. The molecule has 1 aliphatic heterocycles. The van der Waals surface area contributed by atoms with Crippen LogP contribution >= 0.6 is 0 Å². The van der Waals surface area contributed by atoms with Crippen LogP contribution in [0, 0.1) is 30.6 Å². The van der Waals surface area contributed by atoms with Crippen LogP contribution < -0.4 is 5.32 Å². The van der Waals surface area contributed by atoms with Gasteiger partial charge in [0.15, 0.2) is 5.82 Å². The Labute approximate surface area is 209 Å². The van der Waals surface area contributed by atoms with Crippen molar-refractivity contribution in [1.82, 2.24) is 30.8 Å². The van der Waals surface area contributed by atoms with Gasteiger partial charge in [-0.3, -0.25) is 9.69 Å². The monoisotopic (exact) mass is 482 g/mol. The van der Waals surface area contributed by atoms with Gasteiger partial charge in [-0.05, 0) is 74.0 Å². The summed E-state index contributed by atoms with van der Waals surface area (Å²) in [6, 6.07) is 8.42. The molecule has 8 nitrogen and oxygen atoms in total. The Morgan fingerprint density at radius 3 is 2.71 bits per heavy atom. The van der Waals surface area contributed by atoms with Crippen molar-refractivity contribution in [3.8, 4) is 0 Å². The Kier molecular flexibility index (Phi) is 9.26. The van der Waals surface area contributed by atoms with Crippen LogP contribution in [-0.4, -0.2) is 57.2 Å². The molecule has 8 heteroatoms. The molecule has 35 heavy (non-hydrogen) atoms. The lowest BCUT2D eigenvalue weighted by Crippen LogP contribution is -2.50. The second-order valence-corrected chi connectivity index (χ2v) is 10.6. The number of fused-ring (bicyclic) bond motifs is 1. The summed E-state index contributed by atoms with van der Waals surface area (Å²) in [6.07, 6.45) is 6.61. The highest BCUT2D eigenvalue weighted by molar-refractivity contribution is 5.76. The van der Waals surface area contributed by atoms with E-state index in [2.05, 4.69) is 75.9 Å². The van der Waals surface area contributed by atoms with Crippen LogP contribution in [-0.2, 0) is 22.6 Å². The summed E-state index contributed by atoms with van der Waals surface area (Å²) in [7, 11) is 0. The summed E-state index contributed by atoms with van der Waals surface area (Å²) in [5.74, 6) is 2.98. The van der Waals surface area contributed by atoms with Gasteiger partial charge in [0.2, 0.25) is 0 Å². The highest BCUT2D eigenvalue weighted by Gasteiger charge is 2.38. The van der Waals surface area contributed by atoms with E-state index in [4.69, 9.17) is 4.74 Å². The van der Waals surface area contributed by atoms with Gasteiger partial charge in [-0.25, -0.2) is 0 Å². The highest BCUT2D eigenvalue weighted by atomic mass is 16.5. The second kappa shape index (κ2) is 12.6. The summed E-state index contributed by atoms with van der Waals surface area (Å²) in [5, 5.41) is 18.2. The second-order valence-electron chi connectivity index (χ2n) is 10.6. The van der Waals surface area contributed by atoms with Crippen molar-refractivity contribution in [2.24, 2.45) is 23.7 Å². The molecule has 0 unspecified atom stereocenters. The van der Waals surface area contributed by atoms with E-state index in [9.17, 15) is 4.79 Å². The maximum absolute atomic E-state index is 12.8. The van der Waals surface area contributed by atoms with E-state index in [0.29, 0.717) is 36.8 Å². The fraction of sp³-hybridized carbons (Fsp3) is 0.704. The lowest BCUT2D eigenvalue weighted by Gasteiger charge is -2.43. The molecule has 4 atom stereocenters. The molecule has 0 bridgehead atoms. The fourth-order valence-corrected chi connectivity index (χ4v) is 5.86. The van der Waals surface area contributed by atoms with E-state index in [1.54, 1.807) is 0 Å². The van der Waals surface area contributed by atoms with E-state index >= 15 is 0 Å². The van der Waals surface area contributed by atoms with Gasteiger partial charge in [-0.1, -0.05) is 56.2 Å². The van der Waals surface area contributed by atoms with Crippen molar-refractivity contribution in [3.63, 3.8) is 0 Å². The number of carbonyl (C=O) groups is 1. The van der Waals surface area contributed by atoms with Gasteiger partial charge < -0.3 is 10.1 Å². The Morgan fingerprint density at radius 1 is 1.14 bits per heavy atom. The van der Waals surface area contributed by atoms with Gasteiger partial charge in [0.05, 0.1) is 13.2 Å². The normalized spacial score (nSPS) is 24.5. The molecule has 1 aromatic heterocycles. The number of aromatic nitrogens is 4. The van der Waals surface area contributed by atoms with Crippen molar-refractivity contribution in [2.75, 3.05) is 19.7 Å². The predicted octanol–water partition coefficient (Wildman–Crippen LogP) is 3.88. The molecular weight excluding hydrogens is 440 g/mol. The van der Waals surface area contributed by atoms with E-state index < -0.39 is 0 Å². The molecule has 2 N–H and O–H groups in total. The quantitative estimate of drug-likeness (QED) is 0.469. The number of esters is 1. The number of carbonyl (C=O) groups excluding carboxylic acids is 1. The third kappa shape index (κ3) is 7.10. The Balaban J connectivity index is 1.35. The average Bonchev–Trinajstić information content (AvgIpc) is 3.38. The molecule has 2 aromatic rings. The first kappa shape index (κ1) is 25.8. The molecule has 4 rings (SSSR count). The maximum Gasteiger partial charge on any atom is 0.323 e. The number of nitrogens with zero attached hydrogens (tertiary/aromatic N) is 4. The van der Waals surface area contributed by atoms with Gasteiger partial charge in [0.25, 0.3) is 0 Å². The number of rotatable bonds is 11. The highest BCUT2D eigenvalue weighted by Crippen LogP contribution is 2.39. The number of hydrogen-bond acceptors (Lipinski definition) is 7. The van der Waals surface area contributed by atoms with Crippen LogP contribution in [0.3, 0.4) is 0 Å². The lowest BCUT2D eigenvalue weighted by molar-refractivity contribution is -0.149. The number of nitrogens with one attached hydrogen (secondary N) is 2. The Bertz CT molecular complexity index is 916. The van der Waals surface area contributed by atoms with Crippen molar-refractivity contribution in [1.29, 1.82) is 0 Å². The van der Waals surface area contributed by atoms with E-state index in [0.717, 1.165) is 44.7 Å². The number of benzene rings is 1. The van der Waals surface area contributed by atoms with Crippen LogP contribution in [0.4, 0.5) is 0 Å². The number of aromatic amines is 1. The standard InChI is InChI=1S/C27H42N6O2/c1-4-20(5-2)18-35-27(34)25-13-24-12-21(10-11-22(24)14-28-25)15-33(17-26-29-31-32-30-26)16-23-9-7-6-8-19(23)3/h6-9,20-22,24-25,28H,4-5,10-18H2,1-3H3,(H,29,30,31,32)/t21-,22-,24+,25-/m0/s1. The number of piperidine rings is 1. The molecule has 0 radical (unpaired) electrons. The van der Waals surface area contributed by atoms with E-state index in [-0.39, 0.29) is 12.0 Å². The van der Waals surface area contributed by atoms with E-state index in [1.165, 1.54) is 30.4 Å². The topological polar surface area (TPSA) is 96.0 Å². The van der Waals surface area contributed by atoms with Crippen LogP contribution in [0.1, 0.15) is 69.3 Å². The molecule has 1 saturated heterocycles. The zero-order valence-corrected chi connectivity index (χ0v) is 21.6. The summed E-state index contributed by atoms with van der Waals surface area (Å²) >= 11 is 0. The molecule has 0 amide bonds. The third-order valence-electron chi connectivity index (χ3n) is 8.24. The predicted molar refractivity (Wildman–Crippen MR) is 135 cm³/mol. The lowest BCUT2D eigenvalue weighted by atomic mass is 9.69. The van der Waals surface area contributed by atoms with Crippen molar-refractivity contribution in [3.05, 3.63) is 41.2 Å². The SMILES string of the molecule is CCC(CC)COC(=O)[C@@H]1C[C@H]2C[C@@H](CN(Cc3nn[nH]n3)Cc3ccccc3C)CC[C@H]2CN1. The van der Waals surface area contributed by atoms with Crippen LogP contribution in [0.25, 0.3) is 0 Å². The molecule has 1 aromatic carbocycles. The molecule has 192 valence electrons. The molecular formula is C27H42N6O2. The van der Waals surface area contributed by atoms with Crippen molar-refractivity contribution < 1.29 is 9.53 Å². The first-order valence-corrected chi connectivity index (χ1v) is 13.4. The molecule has 1 aliphatic carbocycles. The minimum absolute atomic E-state index is 0.0595.